The second kappa shape index (κ2) is 1.32. The number of hydrogen-bond acceptors (Lipinski definition) is 2. The first kappa shape index (κ1) is 3.70. The SMILES string of the molecule is [O-]C1=C=[N+]=NC#C1. The fourth-order valence-electron chi connectivity index (χ4n) is 0.199. The Hall–Kier alpha value is -1.48. The van der Waals surface area contributed by atoms with Crippen LogP contribution in [0.5, 0.6) is 0 Å². The van der Waals surface area contributed by atoms with E-state index in [4.69, 9.17) is 0 Å². The van der Waals surface area contributed by atoms with E-state index in [-0.39, 0.29) is 0 Å². The highest BCUT2D eigenvalue weighted by molar-refractivity contribution is 5.55. The van der Waals surface area contributed by atoms with E-state index >= 15 is 0 Å². The van der Waals surface area contributed by atoms with Crippen LogP contribution in [0, 0.1) is 12.0 Å². The molecule has 3 nitrogen and oxygen atoms in total. The zero-order valence-electron chi connectivity index (χ0n) is 3.30. The monoisotopic (exact) mass is 92.0 g/mol. The Kier molecular flexibility index (Phi) is 0.697. The lowest BCUT2D eigenvalue weighted by atomic mass is 10.6. The van der Waals surface area contributed by atoms with Crippen LogP contribution in [0.2, 0.25) is 0 Å². The first-order chi connectivity index (χ1) is 3.39. The van der Waals surface area contributed by atoms with E-state index in [1.54, 1.807) is 0 Å². The molecule has 0 bridgehead atoms. The van der Waals surface area contributed by atoms with E-state index < -0.39 is 5.76 Å². The van der Waals surface area contributed by atoms with Crippen LogP contribution in [-0.2, 0) is 0 Å². The van der Waals surface area contributed by atoms with Gasteiger partial charge in [0.25, 0.3) is 0 Å². The van der Waals surface area contributed by atoms with Gasteiger partial charge < -0.3 is 5.11 Å². The van der Waals surface area contributed by atoms with Gasteiger partial charge in [-0.2, -0.15) is 0 Å². The minimum absolute atomic E-state index is 0.407. The molecule has 1 heterocycles. The van der Waals surface area contributed by atoms with Gasteiger partial charge in [-0.15, -0.1) is 0 Å². The largest absolute Gasteiger partial charge is 0.855 e. The van der Waals surface area contributed by atoms with Gasteiger partial charge in [-0.05, 0) is 5.92 Å². The van der Waals surface area contributed by atoms with Crippen molar-refractivity contribution in [1.82, 2.24) is 0 Å². The summed E-state index contributed by atoms with van der Waals surface area (Å²) in [6, 6.07) is 2.13. The molecule has 1 rings (SSSR count). The van der Waals surface area contributed by atoms with Gasteiger partial charge in [-0.1, -0.05) is 0 Å². The molecule has 0 saturated heterocycles. The summed E-state index contributed by atoms with van der Waals surface area (Å²) < 4.78 is 0. The summed E-state index contributed by atoms with van der Waals surface area (Å²) in [4.78, 5) is 3.11. The number of nitrogens with zero attached hydrogens (tertiary/aromatic N) is 2. The number of hydrogen-bond donors (Lipinski definition) is 0. The Morgan fingerprint density at radius 3 is 2.86 bits per heavy atom. The molecular formula is C4N2O. The zero-order chi connectivity index (χ0) is 5.11. The second-order valence-electron chi connectivity index (χ2n) is 0.878. The second-order valence-corrected chi connectivity index (χ2v) is 0.878. The molecule has 3 heteroatoms. The van der Waals surface area contributed by atoms with Crippen LogP contribution in [0.15, 0.2) is 10.9 Å². The molecule has 1 aliphatic heterocycles. The van der Waals surface area contributed by atoms with Gasteiger partial charge in [0, 0.05) is 0 Å². The standard InChI is InChI=1S/C4N2O/c7-4-1-2-5-6-3-4. The molecule has 0 radical (unpaired) electrons. The van der Waals surface area contributed by atoms with E-state index in [9.17, 15) is 5.11 Å². The van der Waals surface area contributed by atoms with Crippen molar-refractivity contribution >= 4 is 5.87 Å². The molecule has 7 heavy (non-hydrogen) atoms. The molecule has 0 aromatic heterocycles. The van der Waals surface area contributed by atoms with Crippen molar-refractivity contribution in [2.45, 2.75) is 0 Å². The average Bonchev–Trinajstić information content (AvgIpc) is 1.69. The average molecular weight is 92.1 g/mol. The molecule has 0 aromatic rings. The number of rotatable bonds is 0. The van der Waals surface area contributed by atoms with Crippen LogP contribution in [0.25, 0.3) is 0 Å². The Morgan fingerprint density at radius 2 is 2.57 bits per heavy atom. The van der Waals surface area contributed by atoms with Crippen LogP contribution in [0.4, 0.5) is 0 Å². The predicted molar refractivity (Wildman–Crippen MR) is 19.0 cm³/mol. The predicted octanol–water partition coefficient (Wildman–Crippen LogP) is -1.46. The summed E-state index contributed by atoms with van der Waals surface area (Å²) in [5.41, 5.74) is 0. The Labute approximate surface area is 39.7 Å². The summed E-state index contributed by atoms with van der Waals surface area (Å²) in [5, 5.41) is 13.2. The third-order valence-electron chi connectivity index (χ3n) is 0.421. The normalized spacial score (nSPS) is 12.3. The Balaban J connectivity index is 3.25. The maximum Gasteiger partial charge on any atom is 0.354 e. The fourth-order valence-corrected chi connectivity index (χ4v) is 0.199. The zero-order valence-corrected chi connectivity index (χ0v) is 3.30. The van der Waals surface area contributed by atoms with Gasteiger partial charge in [0.2, 0.25) is 0 Å². The minimum atomic E-state index is -0.407. The highest BCUT2D eigenvalue weighted by Gasteiger charge is 1.80. The molecule has 0 aromatic carbocycles. The van der Waals surface area contributed by atoms with Crippen molar-refractivity contribution in [3.05, 3.63) is 5.76 Å². The molecule has 1 aliphatic rings. The topological polar surface area (TPSA) is 49.5 Å². The molecule has 0 fully saturated rings. The first-order valence-corrected chi connectivity index (χ1v) is 1.60. The fraction of sp³-hybridized carbons (Fsp3) is 0. The van der Waals surface area contributed by atoms with Gasteiger partial charge in [-0.25, -0.2) is 0 Å². The summed E-state index contributed by atoms with van der Waals surface area (Å²) in [7, 11) is 0. The molecule has 0 saturated carbocycles. The molecule has 32 valence electrons. The first-order valence-electron chi connectivity index (χ1n) is 1.60. The molecule has 0 unspecified atom stereocenters. The lowest BCUT2D eigenvalue weighted by Crippen LogP contribution is -2.01. The van der Waals surface area contributed by atoms with Crippen molar-refractivity contribution in [3.63, 3.8) is 0 Å². The van der Waals surface area contributed by atoms with E-state index in [1.165, 1.54) is 0 Å². The molecule has 0 N–H and O–H groups in total. The van der Waals surface area contributed by atoms with Crippen molar-refractivity contribution in [2.75, 3.05) is 0 Å². The van der Waals surface area contributed by atoms with E-state index in [2.05, 4.69) is 21.9 Å². The van der Waals surface area contributed by atoms with Crippen LogP contribution in [0.1, 0.15) is 0 Å². The van der Waals surface area contributed by atoms with Crippen LogP contribution >= 0.6 is 0 Å². The number of allylic oxidation sites excluding steroid dienone is 1. The summed E-state index contributed by atoms with van der Waals surface area (Å²) in [6.07, 6.45) is 0. The molecule has 0 spiro atoms. The molecule has 0 aliphatic carbocycles. The minimum Gasteiger partial charge on any atom is -0.855 e. The lowest BCUT2D eigenvalue weighted by Gasteiger charge is -1.85. The third kappa shape index (κ3) is 0.675. The van der Waals surface area contributed by atoms with Gasteiger partial charge in [-0.3, -0.25) is 0 Å². The quantitative estimate of drug-likeness (QED) is 0.266. The van der Waals surface area contributed by atoms with Crippen LogP contribution < -0.4 is 5.11 Å². The van der Waals surface area contributed by atoms with Crippen LogP contribution in [0.3, 0.4) is 0 Å². The van der Waals surface area contributed by atoms with E-state index in [1.807, 2.05) is 5.87 Å². The van der Waals surface area contributed by atoms with Crippen molar-refractivity contribution in [3.8, 4) is 12.0 Å². The van der Waals surface area contributed by atoms with Crippen molar-refractivity contribution in [1.29, 1.82) is 0 Å². The lowest BCUT2D eigenvalue weighted by molar-refractivity contribution is -0.292. The highest BCUT2D eigenvalue weighted by atomic mass is 16.3. The maximum absolute atomic E-state index is 10.0. The van der Waals surface area contributed by atoms with Crippen molar-refractivity contribution < 1.29 is 9.90 Å². The molecular weight excluding hydrogens is 92.1 g/mol. The Morgan fingerprint density at radius 1 is 1.71 bits per heavy atom. The molecule has 0 amide bonds. The summed E-state index contributed by atoms with van der Waals surface area (Å²) in [5.74, 6) is 3.74. The summed E-state index contributed by atoms with van der Waals surface area (Å²) >= 11 is 0. The van der Waals surface area contributed by atoms with E-state index in [0.717, 1.165) is 0 Å². The van der Waals surface area contributed by atoms with Gasteiger partial charge in [0.05, 0.1) is 5.76 Å². The van der Waals surface area contributed by atoms with E-state index in [0.29, 0.717) is 0 Å². The maximum atomic E-state index is 10.0. The third-order valence-corrected chi connectivity index (χ3v) is 0.421. The Bertz CT molecular complexity index is 230. The van der Waals surface area contributed by atoms with Gasteiger partial charge >= 0.3 is 5.87 Å². The summed E-state index contributed by atoms with van der Waals surface area (Å²) in [6.45, 7) is 0. The van der Waals surface area contributed by atoms with Crippen LogP contribution in [-0.4, -0.2) is 10.7 Å². The van der Waals surface area contributed by atoms with Gasteiger partial charge in [0.15, 0.2) is 5.11 Å². The smallest absolute Gasteiger partial charge is 0.354 e. The highest BCUT2D eigenvalue weighted by Crippen LogP contribution is 1.68. The molecule has 0 atom stereocenters. The van der Waals surface area contributed by atoms with Crippen molar-refractivity contribution in [2.24, 2.45) is 5.11 Å². The van der Waals surface area contributed by atoms with Gasteiger partial charge in [0.1, 0.15) is 10.8 Å².